The largest absolute Gasteiger partial charge is 0.395 e. The number of aliphatic hydroxyl groups excluding tert-OH is 1. The summed E-state index contributed by atoms with van der Waals surface area (Å²) in [6.07, 6.45) is 1.20. The lowest BCUT2D eigenvalue weighted by Crippen LogP contribution is -2.47. The zero-order chi connectivity index (χ0) is 18.7. The molecule has 0 aliphatic carbocycles. The summed E-state index contributed by atoms with van der Waals surface area (Å²) in [5, 5.41) is 14.6. The Labute approximate surface area is 156 Å². The molecule has 3 rings (SSSR count). The first kappa shape index (κ1) is 18.9. The molecule has 0 bridgehead atoms. The Morgan fingerprint density at radius 1 is 1.23 bits per heavy atom. The molecule has 26 heavy (non-hydrogen) atoms. The maximum Gasteiger partial charge on any atom is 0.227 e. The van der Waals surface area contributed by atoms with Gasteiger partial charge in [0.1, 0.15) is 0 Å². The van der Waals surface area contributed by atoms with E-state index in [-0.39, 0.29) is 17.8 Å². The van der Waals surface area contributed by atoms with Crippen molar-refractivity contribution in [2.24, 2.45) is 0 Å². The maximum absolute atomic E-state index is 14.2. The van der Waals surface area contributed by atoms with Crippen LogP contribution in [0.4, 0.5) is 21.3 Å². The van der Waals surface area contributed by atoms with E-state index >= 15 is 0 Å². The molecule has 1 aliphatic rings. The fourth-order valence-electron chi connectivity index (χ4n) is 2.69. The number of hydrogen-bond donors (Lipinski definition) is 2. The van der Waals surface area contributed by atoms with Gasteiger partial charge in [0.15, 0.2) is 16.8 Å². The quantitative estimate of drug-likeness (QED) is 0.824. The lowest BCUT2D eigenvalue weighted by atomic mass is 9.93. The molecule has 9 heteroatoms. The highest BCUT2D eigenvalue weighted by Crippen LogP contribution is 2.28. The number of aromatic nitrogens is 3. The van der Waals surface area contributed by atoms with Gasteiger partial charge in [0.25, 0.3) is 0 Å². The van der Waals surface area contributed by atoms with Crippen LogP contribution in [-0.2, 0) is 5.41 Å². The first-order chi connectivity index (χ1) is 12.4. The fraction of sp³-hybridized carbons (Fsp3) is 0.588. The normalized spacial score (nSPS) is 16.1. The second kappa shape index (κ2) is 7.81. The van der Waals surface area contributed by atoms with Crippen molar-refractivity contribution in [1.29, 1.82) is 0 Å². The van der Waals surface area contributed by atoms with Crippen molar-refractivity contribution in [3.8, 4) is 0 Å². The summed E-state index contributed by atoms with van der Waals surface area (Å²) in [6.45, 7) is 10.2. The van der Waals surface area contributed by atoms with Gasteiger partial charge in [-0.05, 0) is 0 Å². The van der Waals surface area contributed by atoms with Crippen molar-refractivity contribution in [1.82, 2.24) is 19.9 Å². The summed E-state index contributed by atoms with van der Waals surface area (Å²) in [5.74, 6) is 0.146. The van der Waals surface area contributed by atoms with Crippen LogP contribution in [0.1, 0.15) is 26.5 Å². The molecular weight excluding hydrogens is 355 g/mol. The standard InChI is InChI=1S/C17H25FN6OS/c1-17(2,3)13-11-26-16(20-13)22-14-12(18)10-19-15(21-14)24-6-4-23(5-7-24)8-9-25/h10-11,25H,4-9H2,1-3H3,(H,19,20,21,22). The van der Waals surface area contributed by atoms with E-state index in [9.17, 15) is 4.39 Å². The zero-order valence-electron chi connectivity index (χ0n) is 15.4. The van der Waals surface area contributed by atoms with Crippen LogP contribution in [0.25, 0.3) is 0 Å². The number of thiazole rings is 1. The first-order valence-electron chi connectivity index (χ1n) is 8.70. The molecule has 1 aliphatic heterocycles. The molecule has 1 saturated heterocycles. The summed E-state index contributed by atoms with van der Waals surface area (Å²) >= 11 is 1.43. The van der Waals surface area contributed by atoms with Gasteiger partial charge in [0.05, 0.1) is 18.5 Å². The van der Waals surface area contributed by atoms with E-state index < -0.39 is 5.82 Å². The van der Waals surface area contributed by atoms with Crippen LogP contribution in [0.5, 0.6) is 0 Å². The highest BCUT2D eigenvalue weighted by atomic mass is 32.1. The maximum atomic E-state index is 14.2. The van der Waals surface area contributed by atoms with E-state index in [1.807, 2.05) is 10.3 Å². The van der Waals surface area contributed by atoms with Crippen LogP contribution < -0.4 is 10.2 Å². The van der Waals surface area contributed by atoms with Crippen LogP contribution in [0.3, 0.4) is 0 Å². The van der Waals surface area contributed by atoms with E-state index in [0.717, 1.165) is 31.9 Å². The minimum Gasteiger partial charge on any atom is -0.395 e. The van der Waals surface area contributed by atoms with Gasteiger partial charge < -0.3 is 15.3 Å². The number of hydrogen-bond acceptors (Lipinski definition) is 8. The number of nitrogens with one attached hydrogen (secondary N) is 1. The molecule has 0 unspecified atom stereocenters. The van der Waals surface area contributed by atoms with Gasteiger partial charge >= 0.3 is 0 Å². The summed E-state index contributed by atoms with van der Waals surface area (Å²) in [4.78, 5) is 17.2. The minimum absolute atomic E-state index is 0.0555. The predicted octanol–water partition coefficient (Wildman–Crippen LogP) is 2.23. The molecule has 3 heterocycles. The lowest BCUT2D eigenvalue weighted by molar-refractivity contribution is 0.188. The van der Waals surface area contributed by atoms with Crippen LogP contribution in [-0.4, -0.2) is 64.3 Å². The third-order valence-corrected chi connectivity index (χ3v) is 5.06. The molecule has 0 atom stereocenters. The van der Waals surface area contributed by atoms with Crippen LogP contribution in [0.15, 0.2) is 11.6 Å². The molecular formula is C17H25FN6OS. The highest BCUT2D eigenvalue weighted by molar-refractivity contribution is 7.13. The third kappa shape index (κ3) is 4.46. The molecule has 0 aromatic carbocycles. The molecule has 2 aromatic heterocycles. The monoisotopic (exact) mass is 380 g/mol. The zero-order valence-corrected chi connectivity index (χ0v) is 16.2. The van der Waals surface area contributed by atoms with Gasteiger partial charge in [0.2, 0.25) is 5.95 Å². The second-order valence-corrected chi connectivity index (χ2v) is 8.19. The van der Waals surface area contributed by atoms with Gasteiger partial charge in [0, 0.05) is 43.5 Å². The lowest BCUT2D eigenvalue weighted by Gasteiger charge is -2.34. The van der Waals surface area contributed by atoms with Gasteiger partial charge in [-0.25, -0.2) is 14.4 Å². The fourth-order valence-corrected chi connectivity index (χ4v) is 3.62. The SMILES string of the molecule is CC(C)(C)c1csc(Nc2nc(N3CCN(CCO)CC3)ncc2F)n1. The topological polar surface area (TPSA) is 77.4 Å². The molecule has 0 amide bonds. The van der Waals surface area contributed by atoms with Gasteiger partial charge in [-0.2, -0.15) is 4.98 Å². The molecule has 0 radical (unpaired) electrons. The van der Waals surface area contributed by atoms with E-state index in [1.54, 1.807) is 0 Å². The van der Waals surface area contributed by atoms with Gasteiger partial charge in [-0.3, -0.25) is 4.90 Å². The first-order valence-corrected chi connectivity index (χ1v) is 9.58. The Morgan fingerprint density at radius 2 is 1.96 bits per heavy atom. The number of anilines is 3. The summed E-state index contributed by atoms with van der Waals surface area (Å²) in [5.41, 5.74) is 0.903. The number of rotatable bonds is 5. The Kier molecular flexibility index (Phi) is 5.69. The molecule has 0 spiro atoms. The van der Waals surface area contributed by atoms with Crippen molar-refractivity contribution >= 4 is 28.2 Å². The van der Waals surface area contributed by atoms with Crippen molar-refractivity contribution in [3.05, 3.63) is 23.1 Å². The molecule has 7 nitrogen and oxygen atoms in total. The molecule has 0 saturated carbocycles. The summed E-state index contributed by atoms with van der Waals surface area (Å²) in [6, 6.07) is 0. The number of nitrogens with zero attached hydrogens (tertiary/aromatic N) is 5. The summed E-state index contributed by atoms with van der Waals surface area (Å²) in [7, 11) is 0. The average molecular weight is 380 g/mol. The molecule has 2 N–H and O–H groups in total. The Balaban J connectivity index is 1.71. The number of piperazine rings is 1. The van der Waals surface area contributed by atoms with Crippen molar-refractivity contribution < 1.29 is 9.50 Å². The Bertz CT molecular complexity index is 739. The minimum atomic E-state index is -0.500. The number of β-amino-alcohol motifs (C(OH)–C–C–N with tert-alkyl or cyclic N) is 1. The summed E-state index contributed by atoms with van der Waals surface area (Å²) < 4.78 is 14.2. The van der Waals surface area contributed by atoms with Crippen molar-refractivity contribution in [2.45, 2.75) is 26.2 Å². The molecule has 1 fully saturated rings. The van der Waals surface area contributed by atoms with E-state index in [2.05, 4.69) is 45.9 Å². The van der Waals surface area contributed by atoms with E-state index in [0.29, 0.717) is 17.6 Å². The van der Waals surface area contributed by atoms with Crippen LogP contribution >= 0.6 is 11.3 Å². The number of aliphatic hydroxyl groups is 1. The van der Waals surface area contributed by atoms with Crippen molar-refractivity contribution in [2.75, 3.05) is 49.5 Å². The smallest absolute Gasteiger partial charge is 0.227 e. The Hall–Kier alpha value is -1.84. The van der Waals surface area contributed by atoms with Gasteiger partial charge in [-0.1, -0.05) is 20.8 Å². The van der Waals surface area contributed by atoms with Crippen LogP contribution in [0.2, 0.25) is 0 Å². The molecule has 2 aromatic rings. The van der Waals surface area contributed by atoms with E-state index in [4.69, 9.17) is 5.11 Å². The average Bonchev–Trinajstić information content (AvgIpc) is 3.07. The highest BCUT2D eigenvalue weighted by Gasteiger charge is 2.21. The third-order valence-electron chi connectivity index (χ3n) is 4.30. The predicted molar refractivity (Wildman–Crippen MR) is 102 cm³/mol. The van der Waals surface area contributed by atoms with Crippen molar-refractivity contribution in [3.63, 3.8) is 0 Å². The Morgan fingerprint density at radius 3 is 2.58 bits per heavy atom. The van der Waals surface area contributed by atoms with Gasteiger partial charge in [-0.15, -0.1) is 11.3 Å². The van der Waals surface area contributed by atoms with E-state index in [1.165, 1.54) is 17.5 Å². The van der Waals surface area contributed by atoms with Crippen LogP contribution in [0, 0.1) is 5.82 Å². The number of halogens is 1. The second-order valence-electron chi connectivity index (χ2n) is 7.33. The molecule has 142 valence electrons.